The van der Waals surface area contributed by atoms with Crippen molar-refractivity contribution in [2.45, 2.75) is 31.8 Å². The molecule has 1 amide bonds. The van der Waals surface area contributed by atoms with E-state index in [1.54, 1.807) is 24.1 Å². The number of fused-ring (bicyclic) bond motifs is 2. The van der Waals surface area contributed by atoms with Crippen LogP contribution in [-0.4, -0.2) is 42.1 Å². The van der Waals surface area contributed by atoms with Crippen LogP contribution < -0.4 is 0 Å². The van der Waals surface area contributed by atoms with Gasteiger partial charge in [-0.2, -0.15) is 0 Å². The normalized spacial score (nSPS) is 14.0. The zero-order valence-electron chi connectivity index (χ0n) is 19.1. The van der Waals surface area contributed by atoms with Crippen molar-refractivity contribution in [2.24, 2.45) is 0 Å². The van der Waals surface area contributed by atoms with Crippen LogP contribution in [-0.2, 0) is 23.2 Å². The van der Waals surface area contributed by atoms with Crippen LogP contribution in [0, 0.1) is 0 Å². The van der Waals surface area contributed by atoms with E-state index < -0.39 is 11.6 Å². The Labute approximate surface area is 194 Å². The van der Waals surface area contributed by atoms with Crippen molar-refractivity contribution in [3.63, 3.8) is 0 Å². The van der Waals surface area contributed by atoms with Gasteiger partial charge in [-0.05, 0) is 66.3 Å². The second kappa shape index (κ2) is 9.59. The largest absolute Gasteiger partial charge is 0.478 e. The molecule has 0 bridgehead atoms. The molecule has 0 saturated carbocycles. The molecule has 0 spiro atoms. The van der Waals surface area contributed by atoms with Crippen LogP contribution in [0.5, 0.6) is 0 Å². The van der Waals surface area contributed by atoms with E-state index in [9.17, 15) is 9.59 Å². The van der Waals surface area contributed by atoms with Crippen molar-refractivity contribution in [1.29, 1.82) is 0 Å². The third-order valence-corrected chi connectivity index (χ3v) is 6.48. The molecule has 3 aromatic rings. The van der Waals surface area contributed by atoms with E-state index in [-0.39, 0.29) is 11.5 Å². The van der Waals surface area contributed by atoms with E-state index in [0.717, 1.165) is 12.8 Å². The first-order chi connectivity index (χ1) is 16.0. The first-order valence-electron chi connectivity index (χ1n) is 11.4. The van der Waals surface area contributed by atoms with Crippen LogP contribution in [0.4, 0.5) is 0 Å². The van der Waals surface area contributed by atoms with E-state index in [2.05, 4.69) is 48.5 Å². The summed E-state index contributed by atoms with van der Waals surface area (Å²) in [6, 6.07) is 23.0. The molecule has 0 aliphatic heterocycles. The number of nitrogens with zero attached hydrogens (tertiary/aromatic N) is 1. The van der Waals surface area contributed by atoms with Gasteiger partial charge < -0.3 is 14.7 Å². The van der Waals surface area contributed by atoms with E-state index in [1.807, 2.05) is 6.92 Å². The maximum atomic E-state index is 13.1. The highest BCUT2D eigenvalue weighted by molar-refractivity contribution is 5.95. The van der Waals surface area contributed by atoms with Gasteiger partial charge in [-0.1, -0.05) is 48.5 Å². The molecule has 0 atom stereocenters. The number of ether oxygens (including phenoxy) is 1. The topological polar surface area (TPSA) is 66.8 Å². The van der Waals surface area contributed by atoms with Gasteiger partial charge in [-0.25, -0.2) is 4.79 Å². The molecule has 0 saturated heterocycles. The van der Waals surface area contributed by atoms with Gasteiger partial charge in [0.15, 0.2) is 0 Å². The fourth-order valence-corrected chi connectivity index (χ4v) is 4.82. The fraction of sp³-hybridized carbons (Fsp3) is 0.286. The summed E-state index contributed by atoms with van der Waals surface area (Å²) in [6.07, 6.45) is 2.52. The molecule has 0 unspecified atom stereocenters. The molecule has 0 radical (unpaired) electrons. The van der Waals surface area contributed by atoms with E-state index in [0.29, 0.717) is 25.1 Å². The van der Waals surface area contributed by atoms with Gasteiger partial charge in [0.1, 0.15) is 5.60 Å². The van der Waals surface area contributed by atoms with Crippen LogP contribution in [0.15, 0.2) is 72.8 Å². The minimum atomic E-state index is -1.01. The number of carboxylic acid groups (broad SMARTS) is 1. The van der Waals surface area contributed by atoms with Gasteiger partial charge in [-0.3, -0.25) is 4.79 Å². The second-order valence-electron chi connectivity index (χ2n) is 8.43. The molecule has 1 N–H and O–H groups in total. The summed E-state index contributed by atoms with van der Waals surface area (Å²) >= 11 is 0. The minimum Gasteiger partial charge on any atom is -0.478 e. The van der Waals surface area contributed by atoms with Crippen molar-refractivity contribution < 1.29 is 19.4 Å². The van der Waals surface area contributed by atoms with Crippen molar-refractivity contribution in [1.82, 2.24) is 4.90 Å². The summed E-state index contributed by atoms with van der Waals surface area (Å²) in [5.41, 5.74) is 4.89. The molecule has 3 aromatic carbocycles. The Morgan fingerprint density at radius 3 is 1.91 bits per heavy atom. The Hall–Kier alpha value is -3.44. The predicted octanol–water partition coefficient (Wildman–Crippen LogP) is 4.93. The molecule has 0 heterocycles. The third-order valence-electron chi connectivity index (χ3n) is 6.48. The molecule has 33 heavy (non-hydrogen) atoms. The maximum absolute atomic E-state index is 13.1. The predicted molar refractivity (Wildman–Crippen MR) is 128 cm³/mol. The molecule has 4 rings (SSSR count). The highest BCUT2D eigenvalue weighted by Gasteiger charge is 2.40. The lowest BCUT2D eigenvalue weighted by molar-refractivity contribution is -0.0221. The lowest BCUT2D eigenvalue weighted by Gasteiger charge is -2.37. The zero-order valence-corrected chi connectivity index (χ0v) is 19.1. The molecular weight excluding hydrogens is 414 g/mol. The highest BCUT2D eigenvalue weighted by atomic mass is 16.5. The summed E-state index contributed by atoms with van der Waals surface area (Å²) in [7, 11) is 1.78. The minimum absolute atomic E-state index is 0.145. The number of carbonyl (C=O) groups excluding carboxylic acids is 1. The number of hydrogen-bond acceptors (Lipinski definition) is 3. The average molecular weight is 444 g/mol. The van der Waals surface area contributed by atoms with Gasteiger partial charge in [-0.15, -0.1) is 0 Å². The van der Waals surface area contributed by atoms with Gasteiger partial charge >= 0.3 is 5.97 Å². The number of carbonyl (C=O) groups is 2. The molecule has 5 nitrogen and oxygen atoms in total. The first-order valence-corrected chi connectivity index (χ1v) is 11.4. The molecule has 1 aliphatic rings. The van der Waals surface area contributed by atoms with E-state index in [1.165, 1.54) is 34.4 Å². The van der Waals surface area contributed by atoms with Crippen LogP contribution in [0.25, 0.3) is 0 Å². The van der Waals surface area contributed by atoms with Crippen LogP contribution in [0.3, 0.4) is 0 Å². The third kappa shape index (κ3) is 4.41. The van der Waals surface area contributed by atoms with E-state index >= 15 is 0 Å². The molecule has 0 fully saturated rings. The molecular formula is C28H29NO4. The number of benzene rings is 3. The van der Waals surface area contributed by atoms with Crippen LogP contribution >= 0.6 is 0 Å². The Balaban J connectivity index is 1.66. The summed E-state index contributed by atoms with van der Waals surface area (Å²) in [6.45, 7) is 3.05. The Morgan fingerprint density at radius 2 is 1.39 bits per heavy atom. The smallest absolute Gasteiger partial charge is 0.335 e. The number of rotatable bonds is 7. The number of aromatic carboxylic acids is 1. The van der Waals surface area contributed by atoms with E-state index in [4.69, 9.17) is 9.84 Å². The fourth-order valence-electron chi connectivity index (χ4n) is 4.82. The maximum Gasteiger partial charge on any atom is 0.335 e. The Morgan fingerprint density at radius 1 is 0.879 bits per heavy atom. The van der Waals surface area contributed by atoms with Crippen molar-refractivity contribution >= 4 is 11.9 Å². The standard InChI is InChI=1S/C28H29NO4/c1-3-33-28(18-19-29(2)26(30)22-14-16-23(17-15-22)27(31)32)24-10-6-4-8-20(24)12-13-21-9-5-7-11-25(21)28/h4-11,14-17H,3,12-13,18-19H2,1-2H3,(H,31,32). The van der Waals surface area contributed by atoms with Gasteiger partial charge in [0, 0.05) is 32.2 Å². The number of aryl methyl sites for hydroxylation is 2. The monoisotopic (exact) mass is 443 g/mol. The lowest BCUT2D eigenvalue weighted by Crippen LogP contribution is -2.38. The van der Waals surface area contributed by atoms with Crippen LogP contribution in [0.2, 0.25) is 0 Å². The number of hydrogen-bond donors (Lipinski definition) is 1. The van der Waals surface area contributed by atoms with Gasteiger partial charge in [0.2, 0.25) is 0 Å². The first kappa shape index (κ1) is 22.7. The summed E-state index contributed by atoms with van der Waals surface area (Å²) in [4.78, 5) is 25.9. The number of carboxylic acids is 1. The summed E-state index contributed by atoms with van der Waals surface area (Å²) < 4.78 is 6.58. The molecule has 5 heteroatoms. The Bertz CT molecular complexity index is 1110. The van der Waals surface area contributed by atoms with Crippen molar-refractivity contribution in [3.05, 3.63) is 106 Å². The quantitative estimate of drug-likeness (QED) is 0.563. The molecule has 1 aliphatic carbocycles. The Kier molecular flexibility index (Phi) is 6.61. The molecule has 0 aromatic heterocycles. The van der Waals surface area contributed by atoms with Gasteiger partial charge in [0.05, 0.1) is 5.56 Å². The lowest BCUT2D eigenvalue weighted by atomic mass is 9.80. The zero-order chi connectivity index (χ0) is 23.4. The van der Waals surface area contributed by atoms with Gasteiger partial charge in [0.25, 0.3) is 5.91 Å². The number of amides is 1. The van der Waals surface area contributed by atoms with Crippen molar-refractivity contribution in [2.75, 3.05) is 20.2 Å². The van der Waals surface area contributed by atoms with Crippen LogP contribution in [0.1, 0.15) is 56.3 Å². The van der Waals surface area contributed by atoms with Crippen molar-refractivity contribution in [3.8, 4) is 0 Å². The summed E-state index contributed by atoms with van der Waals surface area (Å²) in [5.74, 6) is -1.15. The molecule has 170 valence electrons. The summed E-state index contributed by atoms with van der Waals surface area (Å²) in [5, 5.41) is 9.10. The highest BCUT2D eigenvalue weighted by Crippen LogP contribution is 2.43. The SMILES string of the molecule is CCOC1(CCN(C)C(=O)c2ccc(C(=O)O)cc2)c2ccccc2CCc2ccccc21. The average Bonchev–Trinajstić information content (AvgIpc) is 2.98. The second-order valence-corrected chi connectivity index (χ2v) is 8.43.